The van der Waals surface area contributed by atoms with Gasteiger partial charge in [0.2, 0.25) is 0 Å². The smallest absolute Gasteiger partial charge is 0.272 e. The van der Waals surface area contributed by atoms with E-state index in [0.717, 1.165) is 50.5 Å². The maximum absolute atomic E-state index is 12.5. The first-order valence-corrected chi connectivity index (χ1v) is 8.05. The number of carbonyl (C=O) groups is 1. The van der Waals surface area contributed by atoms with Gasteiger partial charge in [-0.2, -0.15) is 0 Å². The Bertz CT molecular complexity index is 465. The van der Waals surface area contributed by atoms with E-state index in [1.807, 2.05) is 17.0 Å². The average Bonchev–Trinajstić information content (AvgIpc) is 2.47. The van der Waals surface area contributed by atoms with E-state index in [1.165, 1.54) is 0 Å². The molecule has 2 rings (SSSR count). The molecule has 1 aromatic heterocycles. The lowest BCUT2D eigenvalue weighted by Crippen LogP contribution is -2.38. The zero-order valence-electron chi connectivity index (χ0n) is 13.4. The zero-order chi connectivity index (χ0) is 15.2. The molecule has 4 heteroatoms. The summed E-state index contributed by atoms with van der Waals surface area (Å²) in [6.07, 6.45) is 5.03. The Kier molecular flexibility index (Phi) is 5.59. The lowest BCUT2D eigenvalue weighted by Gasteiger charge is -2.30. The van der Waals surface area contributed by atoms with Crippen LogP contribution in [0.2, 0.25) is 0 Å². The van der Waals surface area contributed by atoms with Crippen LogP contribution >= 0.6 is 0 Å². The molecule has 1 saturated heterocycles. The minimum atomic E-state index is 0.0643. The Morgan fingerprint density at radius 1 is 1.43 bits per heavy atom. The van der Waals surface area contributed by atoms with Crippen LogP contribution in [0.5, 0.6) is 0 Å². The molecule has 1 aliphatic rings. The molecule has 0 unspecified atom stereocenters. The molecule has 0 aromatic carbocycles. The van der Waals surface area contributed by atoms with Crippen molar-refractivity contribution in [3.63, 3.8) is 0 Å². The Labute approximate surface area is 127 Å². The summed E-state index contributed by atoms with van der Waals surface area (Å²) >= 11 is 0. The molecule has 1 amide bonds. The average molecular weight is 289 g/mol. The largest absolute Gasteiger partial charge is 0.385 e. The molecule has 0 spiro atoms. The molecule has 116 valence electrons. The molecule has 1 aromatic rings. The number of hydrogen-bond acceptors (Lipinski definition) is 3. The molecule has 4 nitrogen and oxygen atoms in total. The maximum Gasteiger partial charge on any atom is 0.272 e. The first-order valence-electron chi connectivity index (χ1n) is 8.05. The first kappa shape index (κ1) is 15.8. The summed E-state index contributed by atoms with van der Waals surface area (Å²) in [5.74, 6) is 1.47. The summed E-state index contributed by atoms with van der Waals surface area (Å²) in [6, 6.07) is 3.80. The van der Waals surface area contributed by atoms with Crippen molar-refractivity contribution in [3.05, 3.63) is 24.0 Å². The van der Waals surface area contributed by atoms with Gasteiger partial charge >= 0.3 is 0 Å². The summed E-state index contributed by atoms with van der Waals surface area (Å²) in [6.45, 7) is 9.30. The summed E-state index contributed by atoms with van der Waals surface area (Å²) in [4.78, 5) is 18.7. The highest BCUT2D eigenvalue weighted by molar-refractivity contribution is 5.93. The third-order valence-corrected chi connectivity index (χ3v) is 4.10. The number of nitrogens with one attached hydrogen (secondary N) is 1. The molecule has 2 heterocycles. The van der Waals surface area contributed by atoms with Gasteiger partial charge in [-0.25, -0.2) is 0 Å². The zero-order valence-corrected chi connectivity index (χ0v) is 13.4. The molecule has 0 bridgehead atoms. The Balaban J connectivity index is 1.94. The quantitative estimate of drug-likeness (QED) is 0.903. The van der Waals surface area contributed by atoms with Gasteiger partial charge in [0.05, 0.1) is 0 Å². The predicted octanol–water partition coefficient (Wildman–Crippen LogP) is 3.41. The monoisotopic (exact) mass is 289 g/mol. The van der Waals surface area contributed by atoms with Crippen LogP contribution in [0.15, 0.2) is 18.3 Å². The van der Waals surface area contributed by atoms with E-state index < -0.39 is 0 Å². The van der Waals surface area contributed by atoms with Crippen LogP contribution in [0.3, 0.4) is 0 Å². The highest BCUT2D eigenvalue weighted by Gasteiger charge is 2.22. The summed E-state index contributed by atoms with van der Waals surface area (Å²) < 4.78 is 0. The van der Waals surface area contributed by atoms with E-state index in [0.29, 0.717) is 11.6 Å². The molecular weight excluding hydrogens is 262 g/mol. The third kappa shape index (κ3) is 4.73. The fourth-order valence-corrected chi connectivity index (χ4v) is 2.54. The Hall–Kier alpha value is -1.58. The third-order valence-electron chi connectivity index (χ3n) is 4.10. The normalized spacial score (nSPS) is 16.3. The summed E-state index contributed by atoms with van der Waals surface area (Å²) in [7, 11) is 0. The van der Waals surface area contributed by atoms with Gasteiger partial charge < -0.3 is 10.2 Å². The van der Waals surface area contributed by atoms with Crippen LogP contribution in [0.1, 0.15) is 50.5 Å². The number of rotatable bonds is 5. The number of anilines is 1. The maximum atomic E-state index is 12.5. The van der Waals surface area contributed by atoms with Crippen LogP contribution in [0.25, 0.3) is 0 Å². The predicted molar refractivity (Wildman–Crippen MR) is 86.5 cm³/mol. The number of aromatic nitrogens is 1. The van der Waals surface area contributed by atoms with Crippen LogP contribution in [0, 0.1) is 11.8 Å². The second-order valence-electron chi connectivity index (χ2n) is 6.51. The summed E-state index contributed by atoms with van der Waals surface area (Å²) in [5.41, 5.74) is 1.54. The van der Waals surface area contributed by atoms with E-state index in [1.54, 1.807) is 6.20 Å². The van der Waals surface area contributed by atoms with Crippen molar-refractivity contribution in [1.29, 1.82) is 0 Å². The number of likely N-dealkylation sites (tertiary alicyclic amines) is 1. The minimum absolute atomic E-state index is 0.0643. The molecule has 1 N–H and O–H groups in total. The lowest BCUT2D eigenvalue weighted by atomic mass is 9.99. The van der Waals surface area contributed by atoms with Crippen molar-refractivity contribution in [2.24, 2.45) is 11.8 Å². The van der Waals surface area contributed by atoms with Crippen molar-refractivity contribution in [3.8, 4) is 0 Å². The van der Waals surface area contributed by atoms with Crippen LogP contribution in [-0.2, 0) is 0 Å². The number of carbonyl (C=O) groups excluding carboxylic acids is 1. The van der Waals surface area contributed by atoms with E-state index in [9.17, 15) is 4.79 Å². The Morgan fingerprint density at radius 3 is 2.81 bits per heavy atom. The first-order chi connectivity index (χ1) is 10.1. The topological polar surface area (TPSA) is 45.2 Å². The molecule has 21 heavy (non-hydrogen) atoms. The van der Waals surface area contributed by atoms with E-state index >= 15 is 0 Å². The number of hydrogen-bond donors (Lipinski definition) is 1. The van der Waals surface area contributed by atoms with Crippen molar-refractivity contribution in [1.82, 2.24) is 9.88 Å². The highest BCUT2D eigenvalue weighted by Crippen LogP contribution is 2.18. The van der Waals surface area contributed by atoms with Crippen LogP contribution in [0.4, 0.5) is 5.69 Å². The second-order valence-corrected chi connectivity index (χ2v) is 6.51. The van der Waals surface area contributed by atoms with E-state index in [2.05, 4.69) is 31.1 Å². The molecule has 1 fully saturated rings. The molecule has 1 aliphatic heterocycles. The van der Waals surface area contributed by atoms with Crippen molar-refractivity contribution >= 4 is 11.6 Å². The van der Waals surface area contributed by atoms with E-state index in [4.69, 9.17) is 0 Å². The molecule has 0 radical (unpaired) electrons. The van der Waals surface area contributed by atoms with Gasteiger partial charge in [0.25, 0.3) is 5.91 Å². The van der Waals surface area contributed by atoms with Gasteiger partial charge in [0.15, 0.2) is 0 Å². The molecule has 0 aliphatic carbocycles. The fraction of sp³-hybridized carbons (Fsp3) is 0.647. The van der Waals surface area contributed by atoms with Gasteiger partial charge in [-0.05, 0) is 43.2 Å². The summed E-state index contributed by atoms with van der Waals surface area (Å²) in [5, 5.41) is 3.37. The van der Waals surface area contributed by atoms with Gasteiger partial charge in [-0.15, -0.1) is 0 Å². The number of nitrogens with zero attached hydrogens (tertiary/aromatic N) is 2. The van der Waals surface area contributed by atoms with Crippen molar-refractivity contribution in [2.75, 3.05) is 25.0 Å². The standard InChI is InChI=1S/C17H27N3O/c1-13(2)4-8-18-15-5-9-19-16(12-15)17(21)20-10-6-14(3)7-11-20/h5,9,12-14H,4,6-8,10-11H2,1-3H3,(H,18,19). The lowest BCUT2D eigenvalue weighted by molar-refractivity contribution is 0.0691. The molecule has 0 atom stereocenters. The van der Waals surface area contributed by atoms with Crippen LogP contribution in [-0.4, -0.2) is 35.4 Å². The number of pyridine rings is 1. The molecular formula is C17H27N3O. The highest BCUT2D eigenvalue weighted by atomic mass is 16.2. The fourth-order valence-electron chi connectivity index (χ4n) is 2.54. The minimum Gasteiger partial charge on any atom is -0.385 e. The number of amides is 1. The van der Waals surface area contributed by atoms with Gasteiger partial charge in [0, 0.05) is 31.5 Å². The SMILES string of the molecule is CC(C)CCNc1ccnc(C(=O)N2CCC(C)CC2)c1. The second kappa shape index (κ2) is 7.43. The van der Waals surface area contributed by atoms with Crippen LogP contribution < -0.4 is 5.32 Å². The van der Waals surface area contributed by atoms with Gasteiger partial charge in [-0.1, -0.05) is 20.8 Å². The van der Waals surface area contributed by atoms with Gasteiger partial charge in [-0.3, -0.25) is 9.78 Å². The Morgan fingerprint density at radius 2 is 2.14 bits per heavy atom. The van der Waals surface area contributed by atoms with E-state index in [-0.39, 0.29) is 5.91 Å². The number of piperidine rings is 1. The molecule has 0 saturated carbocycles. The van der Waals surface area contributed by atoms with Gasteiger partial charge in [0.1, 0.15) is 5.69 Å². The van der Waals surface area contributed by atoms with Crippen molar-refractivity contribution in [2.45, 2.75) is 40.0 Å². The van der Waals surface area contributed by atoms with Crippen molar-refractivity contribution < 1.29 is 4.79 Å².